The molecule has 29 heavy (non-hydrogen) atoms. The van der Waals surface area contributed by atoms with E-state index in [9.17, 15) is 14.0 Å². The van der Waals surface area contributed by atoms with Gasteiger partial charge in [0.2, 0.25) is 5.91 Å². The highest BCUT2D eigenvalue weighted by Gasteiger charge is 2.21. The Bertz CT molecular complexity index is 859. The lowest BCUT2D eigenvalue weighted by Crippen LogP contribution is -2.35. The lowest BCUT2D eigenvalue weighted by Gasteiger charge is -2.33. The largest absolute Gasteiger partial charge is 0.371 e. The topological polar surface area (TPSA) is 61.4 Å². The van der Waals surface area contributed by atoms with Crippen molar-refractivity contribution in [1.82, 2.24) is 5.32 Å². The Morgan fingerprint density at radius 3 is 2.45 bits per heavy atom. The Balaban J connectivity index is 1.81. The lowest BCUT2D eigenvalue weighted by molar-refractivity contribution is -0.115. The van der Waals surface area contributed by atoms with Crippen LogP contribution in [0.3, 0.4) is 0 Å². The second-order valence-electron chi connectivity index (χ2n) is 7.61. The molecule has 6 heteroatoms. The minimum Gasteiger partial charge on any atom is -0.371 e. The number of nitrogens with zero attached hydrogens (tertiary/aromatic N) is 1. The van der Waals surface area contributed by atoms with E-state index in [-0.39, 0.29) is 17.6 Å². The van der Waals surface area contributed by atoms with Crippen LogP contribution in [-0.2, 0) is 11.3 Å². The minimum atomic E-state index is -0.305. The molecule has 0 aliphatic carbocycles. The Morgan fingerprint density at radius 1 is 1.10 bits per heavy atom. The van der Waals surface area contributed by atoms with Crippen molar-refractivity contribution in [3.05, 3.63) is 59.4 Å². The molecular formula is C23H28FN3O2. The molecule has 0 aromatic heterocycles. The fourth-order valence-corrected chi connectivity index (χ4v) is 3.45. The van der Waals surface area contributed by atoms with Crippen molar-refractivity contribution < 1.29 is 14.0 Å². The van der Waals surface area contributed by atoms with E-state index in [0.717, 1.165) is 37.2 Å². The molecule has 3 rings (SSSR count). The van der Waals surface area contributed by atoms with E-state index in [2.05, 4.69) is 22.5 Å². The second kappa shape index (κ2) is 9.54. The molecule has 2 aromatic rings. The highest BCUT2D eigenvalue weighted by molar-refractivity contribution is 6.02. The van der Waals surface area contributed by atoms with Gasteiger partial charge in [0, 0.05) is 37.4 Å². The first-order chi connectivity index (χ1) is 14.0. The zero-order valence-electron chi connectivity index (χ0n) is 17.0. The van der Waals surface area contributed by atoms with Gasteiger partial charge in [0.25, 0.3) is 5.91 Å². The fourth-order valence-electron chi connectivity index (χ4n) is 3.45. The van der Waals surface area contributed by atoms with Crippen LogP contribution < -0.4 is 15.5 Å². The summed E-state index contributed by atoms with van der Waals surface area (Å²) >= 11 is 0. The molecule has 1 fully saturated rings. The molecule has 0 saturated carbocycles. The maximum absolute atomic E-state index is 13.1. The first kappa shape index (κ1) is 20.8. The van der Waals surface area contributed by atoms with Gasteiger partial charge in [0.15, 0.2) is 0 Å². The van der Waals surface area contributed by atoms with Crippen molar-refractivity contribution in [2.45, 2.75) is 39.7 Å². The summed E-state index contributed by atoms with van der Waals surface area (Å²) < 4.78 is 13.1. The van der Waals surface area contributed by atoms with E-state index in [1.165, 1.54) is 12.1 Å². The summed E-state index contributed by atoms with van der Waals surface area (Å²) in [5.74, 6) is 0.0731. The molecule has 2 aromatic carbocycles. The van der Waals surface area contributed by atoms with Gasteiger partial charge < -0.3 is 15.5 Å². The predicted octanol–water partition coefficient (Wildman–Crippen LogP) is 4.34. The zero-order chi connectivity index (χ0) is 20.8. The average Bonchev–Trinajstić information content (AvgIpc) is 2.73. The summed E-state index contributed by atoms with van der Waals surface area (Å²) in [4.78, 5) is 27.0. The fraction of sp³-hybridized carbons (Fsp3) is 0.391. The summed E-state index contributed by atoms with van der Waals surface area (Å²) in [7, 11) is 0. The Hall–Kier alpha value is -2.89. The second-order valence-corrected chi connectivity index (χ2v) is 7.61. The van der Waals surface area contributed by atoms with Gasteiger partial charge in [-0.25, -0.2) is 4.39 Å². The third-order valence-corrected chi connectivity index (χ3v) is 5.34. The van der Waals surface area contributed by atoms with Gasteiger partial charge >= 0.3 is 0 Å². The van der Waals surface area contributed by atoms with Crippen molar-refractivity contribution in [2.75, 3.05) is 23.3 Å². The summed E-state index contributed by atoms with van der Waals surface area (Å²) in [5.41, 5.74) is 2.85. The van der Waals surface area contributed by atoms with Gasteiger partial charge in [-0.15, -0.1) is 0 Å². The van der Waals surface area contributed by atoms with Crippen molar-refractivity contribution in [1.29, 1.82) is 0 Å². The van der Waals surface area contributed by atoms with Crippen LogP contribution >= 0.6 is 0 Å². The highest BCUT2D eigenvalue weighted by Crippen LogP contribution is 2.29. The van der Waals surface area contributed by atoms with Gasteiger partial charge in [-0.2, -0.15) is 0 Å². The van der Waals surface area contributed by atoms with Crippen molar-refractivity contribution in [2.24, 2.45) is 5.92 Å². The smallest absolute Gasteiger partial charge is 0.253 e. The molecule has 5 nitrogen and oxygen atoms in total. The number of piperidine rings is 1. The van der Waals surface area contributed by atoms with E-state index < -0.39 is 0 Å². The first-order valence-corrected chi connectivity index (χ1v) is 10.2. The highest BCUT2D eigenvalue weighted by atomic mass is 19.1. The van der Waals surface area contributed by atoms with E-state index in [4.69, 9.17) is 0 Å². The molecule has 0 bridgehead atoms. The number of amides is 2. The molecule has 154 valence electrons. The van der Waals surface area contributed by atoms with E-state index >= 15 is 0 Å². The first-order valence-electron chi connectivity index (χ1n) is 10.2. The Kier molecular flexibility index (Phi) is 6.86. The number of halogens is 1. The molecule has 1 aliphatic rings. The lowest BCUT2D eigenvalue weighted by atomic mass is 9.97. The molecule has 2 amide bonds. The average molecular weight is 397 g/mol. The summed E-state index contributed by atoms with van der Waals surface area (Å²) in [5, 5.41) is 5.74. The number of carbonyl (C=O) groups is 2. The number of hydrogen-bond donors (Lipinski definition) is 2. The molecule has 0 radical (unpaired) electrons. The molecule has 1 saturated heterocycles. The van der Waals surface area contributed by atoms with Gasteiger partial charge in [-0.3, -0.25) is 9.59 Å². The van der Waals surface area contributed by atoms with E-state index in [1.54, 1.807) is 25.1 Å². The van der Waals surface area contributed by atoms with Crippen molar-refractivity contribution >= 4 is 23.2 Å². The number of benzene rings is 2. The van der Waals surface area contributed by atoms with E-state index in [0.29, 0.717) is 30.1 Å². The molecule has 0 unspecified atom stereocenters. The predicted molar refractivity (Wildman–Crippen MR) is 114 cm³/mol. The molecule has 1 heterocycles. The monoisotopic (exact) mass is 397 g/mol. The number of hydrogen-bond acceptors (Lipinski definition) is 3. The Labute approximate surface area is 171 Å². The van der Waals surface area contributed by atoms with Crippen LogP contribution in [-0.4, -0.2) is 24.9 Å². The standard InChI is InChI=1S/C23H28FN3O2/c1-3-22(28)26-19-8-9-21(27-12-10-16(2)11-13-27)20(14-19)23(29)25-15-17-4-6-18(24)7-5-17/h4-9,14,16H,3,10-13,15H2,1-2H3,(H,25,29)(H,26,28). The van der Waals surface area contributed by atoms with Crippen LogP contribution in [0.5, 0.6) is 0 Å². The number of carbonyl (C=O) groups excluding carboxylic acids is 2. The van der Waals surface area contributed by atoms with Crippen LogP contribution in [0.2, 0.25) is 0 Å². The SMILES string of the molecule is CCC(=O)Nc1ccc(N2CCC(C)CC2)c(C(=O)NCc2ccc(F)cc2)c1. The quantitative estimate of drug-likeness (QED) is 0.762. The van der Waals surface area contributed by atoms with E-state index in [1.807, 2.05) is 12.1 Å². The van der Waals surface area contributed by atoms with Gasteiger partial charge in [-0.05, 0) is 54.7 Å². The van der Waals surface area contributed by atoms with Gasteiger partial charge in [0.05, 0.1) is 5.56 Å². The third-order valence-electron chi connectivity index (χ3n) is 5.34. The summed E-state index contributed by atoms with van der Waals surface area (Å²) in [6.07, 6.45) is 2.55. The molecule has 0 atom stereocenters. The number of rotatable bonds is 6. The van der Waals surface area contributed by atoms with Crippen molar-refractivity contribution in [3.63, 3.8) is 0 Å². The Morgan fingerprint density at radius 2 is 1.79 bits per heavy atom. The summed E-state index contributed by atoms with van der Waals surface area (Å²) in [6.45, 7) is 6.15. The molecular weight excluding hydrogens is 369 g/mol. The minimum absolute atomic E-state index is 0.0952. The number of anilines is 2. The molecule has 0 spiro atoms. The van der Waals surface area contributed by atoms with Gasteiger partial charge in [-0.1, -0.05) is 26.0 Å². The van der Waals surface area contributed by atoms with Crippen LogP contribution in [0.4, 0.5) is 15.8 Å². The molecule has 2 N–H and O–H groups in total. The van der Waals surface area contributed by atoms with Crippen LogP contribution in [0, 0.1) is 11.7 Å². The summed E-state index contributed by atoms with van der Waals surface area (Å²) in [6, 6.07) is 11.6. The maximum Gasteiger partial charge on any atom is 0.253 e. The zero-order valence-corrected chi connectivity index (χ0v) is 17.0. The maximum atomic E-state index is 13.1. The van der Waals surface area contributed by atoms with Gasteiger partial charge in [0.1, 0.15) is 5.82 Å². The number of nitrogens with one attached hydrogen (secondary N) is 2. The molecule has 1 aliphatic heterocycles. The normalized spacial score (nSPS) is 14.5. The van der Waals surface area contributed by atoms with Crippen molar-refractivity contribution in [3.8, 4) is 0 Å². The van der Waals surface area contributed by atoms with Crippen LogP contribution in [0.25, 0.3) is 0 Å². The third kappa shape index (κ3) is 5.56. The van der Waals surface area contributed by atoms with Crippen LogP contribution in [0.1, 0.15) is 49.0 Å². The van der Waals surface area contributed by atoms with Crippen LogP contribution in [0.15, 0.2) is 42.5 Å².